The van der Waals surface area contributed by atoms with Crippen molar-refractivity contribution in [2.75, 3.05) is 6.54 Å². The third kappa shape index (κ3) is 9.61. The van der Waals surface area contributed by atoms with Gasteiger partial charge < -0.3 is 9.84 Å². The minimum Gasteiger partial charge on any atom is -0.356 e. The zero-order chi connectivity index (χ0) is 11.9. The van der Waals surface area contributed by atoms with Crippen LogP contribution in [0.2, 0.25) is 0 Å². The fraction of sp³-hybridized carbons (Fsp3) is 0.889. The SMILES string of the molecule is CC(C)(C)OC(O)NCCCC(=O)NN. The van der Waals surface area contributed by atoms with E-state index in [0.29, 0.717) is 19.4 Å². The number of rotatable bonds is 6. The van der Waals surface area contributed by atoms with Crippen LogP contribution in [-0.4, -0.2) is 29.6 Å². The zero-order valence-corrected chi connectivity index (χ0v) is 9.54. The molecule has 0 rings (SSSR count). The van der Waals surface area contributed by atoms with Crippen molar-refractivity contribution in [1.82, 2.24) is 10.7 Å². The number of aliphatic hydroxyl groups is 1. The third-order valence-corrected chi connectivity index (χ3v) is 1.53. The first-order valence-electron chi connectivity index (χ1n) is 4.94. The maximum absolute atomic E-state index is 10.7. The molecule has 0 aliphatic rings. The van der Waals surface area contributed by atoms with Gasteiger partial charge >= 0.3 is 0 Å². The molecule has 1 unspecified atom stereocenters. The Morgan fingerprint density at radius 1 is 1.53 bits per heavy atom. The highest BCUT2D eigenvalue weighted by Gasteiger charge is 2.15. The van der Waals surface area contributed by atoms with Crippen LogP contribution in [0.25, 0.3) is 0 Å². The number of aliphatic hydroxyl groups excluding tert-OH is 1. The molecule has 1 atom stereocenters. The number of carbonyl (C=O) groups excluding carboxylic acids is 1. The van der Waals surface area contributed by atoms with Crippen LogP contribution in [0.15, 0.2) is 0 Å². The van der Waals surface area contributed by atoms with E-state index in [1.807, 2.05) is 26.2 Å². The molecule has 0 bridgehead atoms. The molecule has 6 nitrogen and oxygen atoms in total. The predicted octanol–water partition coefficient (Wildman–Crippen LogP) is -0.563. The van der Waals surface area contributed by atoms with Crippen LogP contribution in [0.4, 0.5) is 0 Å². The smallest absolute Gasteiger partial charge is 0.233 e. The van der Waals surface area contributed by atoms with Crippen molar-refractivity contribution in [3.63, 3.8) is 0 Å². The number of hydrazine groups is 1. The molecule has 1 amide bonds. The fourth-order valence-corrected chi connectivity index (χ4v) is 0.923. The minimum absolute atomic E-state index is 0.219. The molecule has 5 N–H and O–H groups in total. The van der Waals surface area contributed by atoms with Crippen molar-refractivity contribution in [1.29, 1.82) is 0 Å². The number of hydrogen-bond acceptors (Lipinski definition) is 5. The third-order valence-electron chi connectivity index (χ3n) is 1.53. The molecule has 6 heteroatoms. The highest BCUT2D eigenvalue weighted by molar-refractivity contribution is 5.75. The van der Waals surface area contributed by atoms with E-state index < -0.39 is 12.0 Å². The van der Waals surface area contributed by atoms with Crippen molar-refractivity contribution in [2.45, 2.75) is 45.6 Å². The number of ether oxygens (including phenoxy) is 1. The van der Waals surface area contributed by atoms with Crippen molar-refractivity contribution in [2.24, 2.45) is 5.84 Å². The first kappa shape index (κ1) is 14.3. The Labute approximate surface area is 90.1 Å². The molecule has 0 saturated heterocycles. The van der Waals surface area contributed by atoms with Crippen LogP contribution in [0.5, 0.6) is 0 Å². The lowest BCUT2D eigenvalue weighted by molar-refractivity contribution is -0.181. The summed E-state index contributed by atoms with van der Waals surface area (Å²) < 4.78 is 5.19. The molecule has 0 aromatic carbocycles. The molecule has 90 valence electrons. The molecule has 0 aromatic rings. The topological polar surface area (TPSA) is 96.6 Å². The van der Waals surface area contributed by atoms with Gasteiger partial charge in [0.2, 0.25) is 12.3 Å². The Balaban J connectivity index is 3.47. The maximum Gasteiger partial charge on any atom is 0.233 e. The van der Waals surface area contributed by atoms with Crippen LogP contribution in [-0.2, 0) is 9.53 Å². The summed E-state index contributed by atoms with van der Waals surface area (Å²) in [5.41, 5.74) is 1.63. The molecule has 0 fully saturated rings. The van der Waals surface area contributed by atoms with E-state index in [0.717, 1.165) is 0 Å². The average Bonchev–Trinajstić information content (AvgIpc) is 2.09. The van der Waals surface area contributed by atoms with Gasteiger partial charge in [-0.1, -0.05) is 0 Å². The van der Waals surface area contributed by atoms with Crippen molar-refractivity contribution in [3.8, 4) is 0 Å². The van der Waals surface area contributed by atoms with Gasteiger partial charge in [0, 0.05) is 13.0 Å². The Morgan fingerprint density at radius 2 is 2.13 bits per heavy atom. The molecule has 0 spiro atoms. The lowest BCUT2D eigenvalue weighted by Crippen LogP contribution is -2.39. The van der Waals surface area contributed by atoms with Crippen molar-refractivity contribution < 1.29 is 14.6 Å². The molecular weight excluding hydrogens is 198 g/mol. The fourth-order valence-electron chi connectivity index (χ4n) is 0.923. The lowest BCUT2D eigenvalue weighted by atomic mass is 10.2. The van der Waals surface area contributed by atoms with Gasteiger partial charge in [-0.3, -0.25) is 15.5 Å². The van der Waals surface area contributed by atoms with Gasteiger partial charge in [-0.15, -0.1) is 0 Å². The van der Waals surface area contributed by atoms with Crippen LogP contribution < -0.4 is 16.6 Å². The summed E-state index contributed by atoms with van der Waals surface area (Å²) in [6.45, 7) is 6.03. The Hall–Kier alpha value is -0.690. The number of nitrogens with two attached hydrogens (primary N) is 1. The first-order chi connectivity index (χ1) is 6.85. The van der Waals surface area contributed by atoms with E-state index in [9.17, 15) is 9.90 Å². The Kier molecular flexibility index (Phi) is 6.42. The summed E-state index contributed by atoms with van der Waals surface area (Å²) in [7, 11) is 0. The summed E-state index contributed by atoms with van der Waals surface area (Å²) in [6, 6.07) is 0. The Morgan fingerprint density at radius 3 is 2.60 bits per heavy atom. The summed E-state index contributed by atoms with van der Waals surface area (Å²) in [5, 5.41) is 12.1. The van der Waals surface area contributed by atoms with Crippen LogP contribution in [0, 0.1) is 0 Å². The van der Waals surface area contributed by atoms with Crippen molar-refractivity contribution >= 4 is 5.91 Å². The number of hydrogen-bond donors (Lipinski definition) is 4. The summed E-state index contributed by atoms with van der Waals surface area (Å²) in [6.07, 6.45) is -0.0924. The maximum atomic E-state index is 10.7. The second kappa shape index (κ2) is 6.73. The van der Waals surface area contributed by atoms with Crippen molar-refractivity contribution in [3.05, 3.63) is 0 Å². The van der Waals surface area contributed by atoms with E-state index in [4.69, 9.17) is 10.6 Å². The van der Waals surface area contributed by atoms with Crippen LogP contribution in [0.1, 0.15) is 33.6 Å². The highest BCUT2D eigenvalue weighted by atomic mass is 16.6. The van der Waals surface area contributed by atoms with Gasteiger partial charge in [-0.05, 0) is 27.2 Å². The molecule has 0 radical (unpaired) electrons. The molecule has 0 aliphatic carbocycles. The second-order valence-corrected chi connectivity index (χ2v) is 4.21. The van der Waals surface area contributed by atoms with Gasteiger partial charge in [0.25, 0.3) is 0 Å². The molecular formula is C9H21N3O3. The Bertz CT molecular complexity index is 192. The standard InChI is InChI=1S/C9H21N3O3/c1-9(2,3)15-8(14)11-6-4-5-7(13)12-10/h8,11,14H,4-6,10H2,1-3H3,(H,12,13). The van der Waals surface area contributed by atoms with Gasteiger partial charge in [0.15, 0.2) is 0 Å². The molecule has 0 heterocycles. The number of nitrogens with one attached hydrogen (secondary N) is 2. The molecule has 0 aromatic heterocycles. The van der Waals surface area contributed by atoms with Gasteiger partial charge in [0.1, 0.15) is 0 Å². The van der Waals surface area contributed by atoms with Gasteiger partial charge in [-0.2, -0.15) is 0 Å². The number of carbonyl (C=O) groups is 1. The number of amides is 1. The summed E-state index contributed by atoms with van der Waals surface area (Å²) in [4.78, 5) is 10.7. The quantitative estimate of drug-likeness (QED) is 0.158. The van der Waals surface area contributed by atoms with Gasteiger partial charge in [-0.25, -0.2) is 5.84 Å². The van der Waals surface area contributed by atoms with E-state index in [-0.39, 0.29) is 5.91 Å². The van der Waals surface area contributed by atoms with Crippen LogP contribution in [0.3, 0.4) is 0 Å². The normalized spacial score (nSPS) is 13.7. The summed E-state index contributed by atoms with van der Waals surface area (Å²) >= 11 is 0. The van der Waals surface area contributed by atoms with E-state index in [1.54, 1.807) is 0 Å². The largest absolute Gasteiger partial charge is 0.356 e. The monoisotopic (exact) mass is 219 g/mol. The molecule has 0 aliphatic heterocycles. The van der Waals surface area contributed by atoms with Crippen LogP contribution >= 0.6 is 0 Å². The highest BCUT2D eigenvalue weighted by Crippen LogP contribution is 2.07. The predicted molar refractivity (Wildman–Crippen MR) is 56.4 cm³/mol. The first-order valence-corrected chi connectivity index (χ1v) is 4.94. The summed E-state index contributed by atoms with van der Waals surface area (Å²) in [5.74, 6) is 4.68. The van der Waals surface area contributed by atoms with Gasteiger partial charge in [0.05, 0.1) is 5.60 Å². The minimum atomic E-state index is -1.01. The van der Waals surface area contributed by atoms with E-state index >= 15 is 0 Å². The molecule has 0 saturated carbocycles. The average molecular weight is 219 g/mol. The molecule has 15 heavy (non-hydrogen) atoms. The lowest BCUT2D eigenvalue weighted by Gasteiger charge is -2.24. The second-order valence-electron chi connectivity index (χ2n) is 4.21. The van der Waals surface area contributed by atoms with E-state index in [2.05, 4.69) is 5.32 Å². The zero-order valence-electron chi connectivity index (χ0n) is 9.54. The van der Waals surface area contributed by atoms with E-state index in [1.165, 1.54) is 0 Å².